The first-order valence-corrected chi connectivity index (χ1v) is 12.8. The molecule has 0 aliphatic heterocycles. The molecule has 10 heteroatoms. The number of hydrogen-bond donors (Lipinski definition) is 2. The van der Waals surface area contributed by atoms with E-state index in [2.05, 4.69) is 43.5 Å². The fraction of sp³-hybridized carbons (Fsp3) is 0.448. The highest BCUT2D eigenvalue weighted by molar-refractivity contribution is 7.77. The highest BCUT2D eigenvalue weighted by Crippen LogP contribution is 2.36. The molecule has 0 radical (unpaired) electrons. The Morgan fingerprint density at radius 2 is 1.46 bits per heavy atom. The third-order valence-electron chi connectivity index (χ3n) is 4.57. The van der Waals surface area contributed by atoms with Crippen LogP contribution in [0.5, 0.6) is 11.5 Å². The maximum absolute atomic E-state index is 14.1. The van der Waals surface area contributed by atoms with Crippen molar-refractivity contribution in [3.8, 4) is 11.5 Å². The molecule has 0 amide bonds. The zero-order valence-electron chi connectivity index (χ0n) is 23.5. The van der Waals surface area contributed by atoms with Gasteiger partial charge in [0.1, 0.15) is 11.6 Å². The van der Waals surface area contributed by atoms with Crippen LogP contribution in [0.4, 0.5) is 26.3 Å². The normalized spacial score (nSPS) is 11.8. The molecule has 0 aliphatic carbocycles. The van der Waals surface area contributed by atoms with Gasteiger partial charge in [-0.25, -0.2) is 8.78 Å². The van der Waals surface area contributed by atoms with Crippen LogP contribution < -0.4 is 14.6 Å². The molecule has 2 N–H and O–H groups in total. The van der Waals surface area contributed by atoms with Crippen LogP contribution in [0.1, 0.15) is 71.4 Å². The number of rotatable bonds is 9. The van der Waals surface area contributed by atoms with Crippen molar-refractivity contribution < 1.29 is 35.8 Å². The minimum Gasteiger partial charge on any atom is -0.494 e. The van der Waals surface area contributed by atoms with Gasteiger partial charge in [-0.15, -0.1) is 12.8 Å². The van der Waals surface area contributed by atoms with E-state index in [0.717, 1.165) is 18.1 Å². The molecule has 0 spiro atoms. The van der Waals surface area contributed by atoms with E-state index < -0.39 is 35.8 Å². The number of ether oxygens (including phenoxy) is 2. The average molecular weight is 582 g/mol. The molecule has 39 heavy (non-hydrogen) atoms. The molecule has 1 unspecified atom stereocenters. The van der Waals surface area contributed by atoms with Gasteiger partial charge >= 0.3 is 12.5 Å². The van der Waals surface area contributed by atoms with Crippen LogP contribution in [-0.4, -0.2) is 19.6 Å². The summed E-state index contributed by atoms with van der Waals surface area (Å²) < 4.78 is 88.2. The van der Waals surface area contributed by atoms with E-state index in [0.29, 0.717) is 24.5 Å². The summed E-state index contributed by atoms with van der Waals surface area (Å²) in [6.07, 6.45) is -0.180. The first-order valence-electron chi connectivity index (χ1n) is 12.3. The van der Waals surface area contributed by atoms with Gasteiger partial charge in [-0.2, -0.15) is 17.6 Å². The quantitative estimate of drug-likeness (QED) is 0.176. The van der Waals surface area contributed by atoms with Crippen LogP contribution in [0, 0.1) is 17.6 Å². The molecule has 2 aromatic rings. The third-order valence-corrected chi connectivity index (χ3v) is 4.57. The predicted octanol–water partition coefficient (Wildman–Crippen LogP) is 9.73. The van der Waals surface area contributed by atoms with Crippen LogP contribution in [0.15, 0.2) is 60.7 Å². The molecule has 0 saturated heterocycles. The Balaban J connectivity index is 0. The van der Waals surface area contributed by atoms with E-state index in [4.69, 9.17) is 4.74 Å². The zero-order chi connectivity index (χ0) is 30.6. The molecule has 222 valence electrons. The van der Waals surface area contributed by atoms with Crippen molar-refractivity contribution in [2.45, 2.75) is 72.8 Å². The minimum absolute atomic E-state index is 0.0318. The molecule has 2 rings (SSSR count). The van der Waals surface area contributed by atoms with Gasteiger partial charge in [0.2, 0.25) is 0 Å². The van der Waals surface area contributed by atoms with Crippen LogP contribution in [0.2, 0.25) is 0 Å². The van der Waals surface area contributed by atoms with E-state index in [1.165, 1.54) is 25.3 Å². The molecule has 0 fully saturated rings. The van der Waals surface area contributed by atoms with Crippen molar-refractivity contribution in [1.82, 2.24) is 0 Å². The van der Waals surface area contributed by atoms with Crippen molar-refractivity contribution in [3.05, 3.63) is 83.5 Å². The van der Waals surface area contributed by atoms with Gasteiger partial charge in [0.15, 0.2) is 11.6 Å². The van der Waals surface area contributed by atoms with E-state index in [9.17, 15) is 26.3 Å². The lowest BCUT2D eigenvalue weighted by Gasteiger charge is -2.21. The maximum atomic E-state index is 14.1. The first kappa shape index (κ1) is 38.6. The van der Waals surface area contributed by atoms with Crippen LogP contribution in [0.3, 0.4) is 0 Å². The summed E-state index contributed by atoms with van der Waals surface area (Å²) in [7, 11) is 1.29. The summed E-state index contributed by atoms with van der Waals surface area (Å²) in [5.41, 5.74) is 0.771. The Morgan fingerprint density at radius 3 is 1.92 bits per heavy atom. The standard InChI is InChI=1S/C21H20F6O2.C4H10.C4H8.H3NS/c1-3-4-5-6-17(13-7-8-18(23)19(11-13)28-2)14-9-15(22)12-16(10-14)29-21(26,27)20(24)25;1-4(2)3;1-3-4-2;1-2/h3-4,7-12,17,20H,5-6H2,1-2H3;4H,1-3H3;3-4H,1-2H3;2H,1H2/b4-3-;;4-3-;. The molecule has 0 heterocycles. The SMILES string of the molecule is C/C=C\C.C/C=C\CCC(c1cc(F)cc(OC(F)(F)C(F)F)c1)c1ccc(F)c(OC)c1.CC(C)C.NS. The van der Waals surface area contributed by atoms with Crippen LogP contribution in [-0.2, 0) is 0 Å². The second kappa shape index (κ2) is 21.3. The molecule has 0 aromatic heterocycles. The van der Waals surface area contributed by atoms with Gasteiger partial charge in [-0.1, -0.05) is 51.1 Å². The largest absolute Gasteiger partial charge is 0.494 e. The number of halogens is 6. The summed E-state index contributed by atoms with van der Waals surface area (Å²) in [5, 5.41) is 4.19. The van der Waals surface area contributed by atoms with E-state index in [-0.39, 0.29) is 11.3 Å². The highest BCUT2D eigenvalue weighted by atomic mass is 32.1. The smallest absolute Gasteiger partial charge is 0.461 e. The second-order valence-corrected chi connectivity index (χ2v) is 8.68. The number of nitrogens with two attached hydrogens (primary N) is 1. The van der Waals surface area contributed by atoms with Crippen molar-refractivity contribution in [3.63, 3.8) is 0 Å². The number of allylic oxidation sites excluding steroid dienone is 4. The molecule has 0 bridgehead atoms. The topological polar surface area (TPSA) is 44.5 Å². The predicted molar refractivity (Wildman–Crippen MR) is 151 cm³/mol. The second-order valence-electron chi connectivity index (χ2n) is 8.68. The molecular formula is C29H41F6NO2S. The van der Waals surface area contributed by atoms with Crippen molar-refractivity contribution >= 4 is 12.8 Å². The van der Waals surface area contributed by atoms with Gasteiger partial charge in [0, 0.05) is 12.0 Å². The van der Waals surface area contributed by atoms with Crippen molar-refractivity contribution in [1.29, 1.82) is 0 Å². The number of methoxy groups -OCH3 is 1. The molecule has 2 aromatic carbocycles. The van der Waals surface area contributed by atoms with Gasteiger partial charge in [0.05, 0.1) is 7.11 Å². The Bertz CT molecular complexity index is 977. The van der Waals surface area contributed by atoms with E-state index in [1.54, 1.807) is 0 Å². The van der Waals surface area contributed by atoms with E-state index >= 15 is 0 Å². The Hall–Kier alpha value is -2.59. The van der Waals surface area contributed by atoms with E-state index in [1.807, 2.05) is 45.1 Å². The average Bonchev–Trinajstić information content (AvgIpc) is 2.87. The third kappa shape index (κ3) is 16.2. The molecule has 3 nitrogen and oxygen atoms in total. The number of thiol groups is 1. The Kier molecular flexibility index (Phi) is 21.0. The lowest BCUT2D eigenvalue weighted by atomic mass is 9.87. The Labute approximate surface area is 234 Å². The first-order chi connectivity index (χ1) is 18.3. The monoisotopic (exact) mass is 581 g/mol. The summed E-state index contributed by atoms with van der Waals surface area (Å²) >= 11 is 3.03. The summed E-state index contributed by atoms with van der Waals surface area (Å²) in [5.74, 6) is -1.99. The highest BCUT2D eigenvalue weighted by Gasteiger charge is 2.44. The maximum Gasteiger partial charge on any atom is 0.461 e. The zero-order valence-corrected chi connectivity index (χ0v) is 24.4. The fourth-order valence-electron chi connectivity index (χ4n) is 2.89. The van der Waals surface area contributed by atoms with Crippen LogP contribution >= 0.6 is 12.8 Å². The summed E-state index contributed by atoms with van der Waals surface area (Å²) in [6, 6.07) is 6.86. The number of benzene rings is 2. The minimum atomic E-state index is -4.76. The summed E-state index contributed by atoms with van der Waals surface area (Å²) in [6.45, 7) is 12.3. The molecule has 0 aliphatic rings. The van der Waals surface area contributed by atoms with Gasteiger partial charge in [0.25, 0.3) is 0 Å². The van der Waals surface area contributed by atoms with Gasteiger partial charge < -0.3 is 9.47 Å². The number of alkyl halides is 4. The Morgan fingerprint density at radius 1 is 0.897 bits per heavy atom. The van der Waals surface area contributed by atoms with Crippen molar-refractivity contribution in [2.24, 2.45) is 11.1 Å². The number of hydrogen-bond acceptors (Lipinski definition) is 4. The van der Waals surface area contributed by atoms with Gasteiger partial charge in [-0.3, -0.25) is 5.14 Å². The molecular weight excluding hydrogens is 540 g/mol. The molecule has 0 saturated carbocycles. The lowest BCUT2D eigenvalue weighted by molar-refractivity contribution is -0.253. The molecule has 1 atom stereocenters. The lowest BCUT2D eigenvalue weighted by Crippen LogP contribution is -2.33. The summed E-state index contributed by atoms with van der Waals surface area (Å²) in [4.78, 5) is 0. The van der Waals surface area contributed by atoms with Gasteiger partial charge in [-0.05, 0) is 74.9 Å². The van der Waals surface area contributed by atoms with Crippen molar-refractivity contribution in [2.75, 3.05) is 7.11 Å². The van der Waals surface area contributed by atoms with Crippen LogP contribution in [0.25, 0.3) is 0 Å². The fourth-order valence-corrected chi connectivity index (χ4v) is 2.89.